The summed E-state index contributed by atoms with van der Waals surface area (Å²) in [6, 6.07) is 7.35. The predicted octanol–water partition coefficient (Wildman–Crippen LogP) is 3.08. The molecule has 0 spiro atoms. The van der Waals surface area contributed by atoms with Crippen LogP contribution in [0.4, 0.5) is 0 Å². The van der Waals surface area contributed by atoms with Crippen molar-refractivity contribution in [3.63, 3.8) is 0 Å². The number of halogens is 1. The molecular formula is C14H22ClNO2. The van der Waals surface area contributed by atoms with E-state index in [9.17, 15) is 0 Å². The van der Waals surface area contributed by atoms with Gasteiger partial charge in [0, 0.05) is 11.6 Å². The fourth-order valence-electron chi connectivity index (χ4n) is 1.58. The Kier molecular flexibility index (Phi) is 7.81. The maximum absolute atomic E-state index is 5.79. The van der Waals surface area contributed by atoms with Crippen LogP contribution in [0.15, 0.2) is 24.3 Å². The summed E-state index contributed by atoms with van der Waals surface area (Å²) in [5, 5.41) is 0.720. The highest BCUT2D eigenvalue weighted by atomic mass is 35.5. The fourth-order valence-corrected chi connectivity index (χ4v) is 1.71. The van der Waals surface area contributed by atoms with E-state index in [1.165, 1.54) is 0 Å². The Morgan fingerprint density at radius 2 is 1.67 bits per heavy atom. The molecule has 0 fully saturated rings. The monoisotopic (exact) mass is 271 g/mol. The van der Waals surface area contributed by atoms with Crippen LogP contribution in [0, 0.1) is 0 Å². The second kappa shape index (κ2) is 9.20. The lowest BCUT2D eigenvalue weighted by atomic mass is 10.3. The van der Waals surface area contributed by atoms with E-state index in [1.54, 1.807) is 0 Å². The number of benzene rings is 1. The van der Waals surface area contributed by atoms with Gasteiger partial charge in [-0.15, -0.1) is 0 Å². The number of likely N-dealkylation sites (N-methyl/N-ethyl adjacent to an activating group) is 1. The van der Waals surface area contributed by atoms with Gasteiger partial charge >= 0.3 is 0 Å². The van der Waals surface area contributed by atoms with Crippen LogP contribution in [-0.2, 0) is 4.74 Å². The van der Waals surface area contributed by atoms with Crippen molar-refractivity contribution < 1.29 is 9.47 Å². The lowest BCUT2D eigenvalue weighted by molar-refractivity contribution is 0.0819. The number of rotatable bonds is 9. The molecular weight excluding hydrogens is 250 g/mol. The van der Waals surface area contributed by atoms with Gasteiger partial charge in [-0.1, -0.05) is 25.4 Å². The van der Waals surface area contributed by atoms with Crippen LogP contribution >= 0.6 is 11.6 Å². The largest absolute Gasteiger partial charge is 0.491 e. The smallest absolute Gasteiger partial charge is 0.119 e. The minimum Gasteiger partial charge on any atom is -0.491 e. The lowest BCUT2D eigenvalue weighted by Gasteiger charge is -2.17. The minimum absolute atomic E-state index is 0.569. The van der Waals surface area contributed by atoms with Gasteiger partial charge in [0.05, 0.1) is 13.2 Å². The van der Waals surface area contributed by atoms with Crippen LogP contribution in [0.3, 0.4) is 0 Å². The van der Waals surface area contributed by atoms with Crippen molar-refractivity contribution in [3.05, 3.63) is 29.3 Å². The number of ether oxygens (including phenoxy) is 2. The average molecular weight is 272 g/mol. The third kappa shape index (κ3) is 6.24. The standard InChI is InChI=1S/C14H22ClNO2/c1-3-16(4-2)9-10-17-11-12-18-14-7-5-13(15)6-8-14/h5-8H,3-4,9-12H2,1-2H3. The molecule has 0 saturated carbocycles. The molecule has 0 heterocycles. The van der Waals surface area contributed by atoms with Crippen LogP contribution < -0.4 is 4.74 Å². The normalized spacial score (nSPS) is 10.9. The van der Waals surface area contributed by atoms with Crippen LogP contribution in [0.25, 0.3) is 0 Å². The molecule has 4 heteroatoms. The fraction of sp³-hybridized carbons (Fsp3) is 0.571. The Morgan fingerprint density at radius 1 is 1.00 bits per heavy atom. The molecule has 1 aromatic rings. The van der Waals surface area contributed by atoms with Gasteiger partial charge in [-0.2, -0.15) is 0 Å². The molecule has 0 aliphatic carbocycles. The molecule has 0 unspecified atom stereocenters. The van der Waals surface area contributed by atoms with Gasteiger partial charge in [-0.05, 0) is 37.4 Å². The van der Waals surface area contributed by atoms with Gasteiger partial charge in [-0.3, -0.25) is 0 Å². The molecule has 0 bridgehead atoms. The molecule has 1 rings (SSSR count). The van der Waals surface area contributed by atoms with E-state index >= 15 is 0 Å². The molecule has 0 atom stereocenters. The van der Waals surface area contributed by atoms with Crippen molar-refractivity contribution in [1.82, 2.24) is 4.90 Å². The van der Waals surface area contributed by atoms with Crippen molar-refractivity contribution >= 4 is 11.6 Å². The summed E-state index contributed by atoms with van der Waals surface area (Å²) in [6.45, 7) is 9.38. The topological polar surface area (TPSA) is 21.7 Å². The van der Waals surface area contributed by atoms with Gasteiger partial charge < -0.3 is 14.4 Å². The zero-order chi connectivity index (χ0) is 13.2. The van der Waals surface area contributed by atoms with Crippen molar-refractivity contribution in [2.75, 3.05) is 39.5 Å². The summed E-state index contributed by atoms with van der Waals surface area (Å²) in [5.74, 6) is 0.826. The van der Waals surface area contributed by atoms with E-state index in [-0.39, 0.29) is 0 Å². The number of hydrogen-bond acceptors (Lipinski definition) is 3. The van der Waals surface area contributed by atoms with Gasteiger partial charge in [0.25, 0.3) is 0 Å². The van der Waals surface area contributed by atoms with Crippen LogP contribution in [0.2, 0.25) is 5.02 Å². The van der Waals surface area contributed by atoms with E-state index in [1.807, 2.05) is 24.3 Å². The zero-order valence-corrected chi connectivity index (χ0v) is 11.9. The molecule has 102 valence electrons. The highest BCUT2D eigenvalue weighted by molar-refractivity contribution is 6.30. The van der Waals surface area contributed by atoms with E-state index in [2.05, 4.69) is 18.7 Å². The SMILES string of the molecule is CCN(CC)CCOCCOc1ccc(Cl)cc1. The van der Waals surface area contributed by atoms with Crippen LogP contribution in [0.5, 0.6) is 5.75 Å². The van der Waals surface area contributed by atoms with Crippen molar-refractivity contribution in [2.45, 2.75) is 13.8 Å². The van der Waals surface area contributed by atoms with Gasteiger partial charge in [-0.25, -0.2) is 0 Å². The van der Waals surface area contributed by atoms with E-state index < -0.39 is 0 Å². The quantitative estimate of drug-likeness (QED) is 0.645. The predicted molar refractivity (Wildman–Crippen MR) is 75.6 cm³/mol. The molecule has 0 N–H and O–H groups in total. The Labute approximate surface area is 115 Å². The first-order valence-electron chi connectivity index (χ1n) is 6.44. The summed E-state index contributed by atoms with van der Waals surface area (Å²) in [6.07, 6.45) is 0. The average Bonchev–Trinajstić information content (AvgIpc) is 2.40. The van der Waals surface area contributed by atoms with Crippen molar-refractivity contribution in [3.8, 4) is 5.75 Å². The van der Waals surface area contributed by atoms with Gasteiger partial charge in [0.2, 0.25) is 0 Å². The summed E-state index contributed by atoms with van der Waals surface area (Å²) >= 11 is 5.79. The minimum atomic E-state index is 0.569. The molecule has 0 aliphatic rings. The Hall–Kier alpha value is -0.770. The van der Waals surface area contributed by atoms with Gasteiger partial charge in [0.1, 0.15) is 12.4 Å². The maximum atomic E-state index is 5.79. The highest BCUT2D eigenvalue weighted by Crippen LogP contribution is 2.15. The lowest BCUT2D eigenvalue weighted by Crippen LogP contribution is -2.27. The third-order valence-electron chi connectivity index (χ3n) is 2.76. The first kappa shape index (κ1) is 15.3. The van der Waals surface area contributed by atoms with Crippen LogP contribution in [-0.4, -0.2) is 44.4 Å². The molecule has 0 aliphatic heterocycles. The maximum Gasteiger partial charge on any atom is 0.119 e. The molecule has 3 nitrogen and oxygen atoms in total. The number of nitrogens with zero attached hydrogens (tertiary/aromatic N) is 1. The Bertz CT molecular complexity index is 312. The van der Waals surface area contributed by atoms with E-state index in [0.29, 0.717) is 13.2 Å². The first-order chi connectivity index (χ1) is 8.76. The second-order valence-electron chi connectivity index (χ2n) is 3.94. The highest BCUT2D eigenvalue weighted by Gasteiger charge is 1.98. The van der Waals surface area contributed by atoms with Crippen molar-refractivity contribution in [1.29, 1.82) is 0 Å². The Morgan fingerprint density at radius 3 is 2.28 bits per heavy atom. The molecule has 0 aromatic heterocycles. The summed E-state index contributed by atoms with van der Waals surface area (Å²) < 4.78 is 11.0. The van der Waals surface area contributed by atoms with Crippen molar-refractivity contribution in [2.24, 2.45) is 0 Å². The number of hydrogen-bond donors (Lipinski definition) is 0. The first-order valence-corrected chi connectivity index (χ1v) is 6.82. The van der Waals surface area contributed by atoms with Gasteiger partial charge in [0.15, 0.2) is 0 Å². The van der Waals surface area contributed by atoms with E-state index in [0.717, 1.165) is 37.0 Å². The van der Waals surface area contributed by atoms with E-state index in [4.69, 9.17) is 21.1 Å². The third-order valence-corrected chi connectivity index (χ3v) is 3.01. The molecule has 18 heavy (non-hydrogen) atoms. The molecule has 0 amide bonds. The summed E-state index contributed by atoms with van der Waals surface area (Å²) in [5.41, 5.74) is 0. The summed E-state index contributed by atoms with van der Waals surface area (Å²) in [4.78, 5) is 2.33. The molecule has 0 saturated heterocycles. The molecule has 1 aromatic carbocycles. The summed E-state index contributed by atoms with van der Waals surface area (Å²) in [7, 11) is 0. The zero-order valence-electron chi connectivity index (χ0n) is 11.2. The molecule has 0 radical (unpaired) electrons. The Balaban J connectivity index is 2.03. The second-order valence-corrected chi connectivity index (χ2v) is 4.38. The van der Waals surface area contributed by atoms with Crippen LogP contribution in [0.1, 0.15) is 13.8 Å².